The number of phenolic OH excluding ortho intramolecular Hbond substituents is 1. The summed E-state index contributed by atoms with van der Waals surface area (Å²) in [4.78, 5) is 52.9. The van der Waals surface area contributed by atoms with E-state index >= 15 is 0 Å². The highest BCUT2D eigenvalue weighted by molar-refractivity contribution is 5.93. The van der Waals surface area contributed by atoms with Crippen molar-refractivity contribution in [1.29, 1.82) is 0 Å². The topological polar surface area (TPSA) is 170 Å². The van der Waals surface area contributed by atoms with Crippen LogP contribution in [0.2, 0.25) is 0 Å². The molecule has 5 N–H and O–H groups in total. The molecule has 5 saturated heterocycles. The zero-order valence-corrected chi connectivity index (χ0v) is 39.7. The Morgan fingerprint density at radius 3 is 2.15 bits per heavy atom. The van der Waals surface area contributed by atoms with Crippen LogP contribution in [0.1, 0.15) is 102 Å². The molecule has 0 spiro atoms. The number of amides is 4. The highest BCUT2D eigenvalue weighted by Crippen LogP contribution is 2.45. The van der Waals surface area contributed by atoms with Gasteiger partial charge in [-0.25, -0.2) is 4.79 Å². The predicted octanol–water partition coefficient (Wildman–Crippen LogP) is 4.60. The van der Waals surface area contributed by atoms with Gasteiger partial charge in [-0.2, -0.15) is 0 Å². The predicted molar refractivity (Wildman–Crippen MR) is 258 cm³/mol. The fourth-order valence-corrected chi connectivity index (χ4v) is 12.1. The van der Waals surface area contributed by atoms with Crippen LogP contribution in [-0.2, 0) is 16.1 Å². The van der Waals surface area contributed by atoms with E-state index in [0.717, 1.165) is 87.5 Å². The maximum absolute atomic E-state index is 14.2. The number of benzene rings is 2. The van der Waals surface area contributed by atoms with E-state index in [1.807, 2.05) is 68.1 Å². The normalized spacial score (nSPS) is 26.3. The smallest absolute Gasteiger partial charge is 0.318 e. The second-order valence-corrected chi connectivity index (χ2v) is 21.1. The average molecular weight is 915 g/mol. The van der Waals surface area contributed by atoms with Gasteiger partial charge in [-0.1, -0.05) is 51.0 Å². The van der Waals surface area contributed by atoms with Gasteiger partial charge in [0, 0.05) is 92.0 Å². The van der Waals surface area contributed by atoms with E-state index in [0.29, 0.717) is 54.8 Å². The zero-order valence-electron chi connectivity index (χ0n) is 39.7. The van der Waals surface area contributed by atoms with Crippen LogP contribution in [0.5, 0.6) is 5.75 Å². The summed E-state index contributed by atoms with van der Waals surface area (Å²) in [5.41, 5.74) is 3.64. The van der Waals surface area contributed by atoms with Gasteiger partial charge in [0.15, 0.2) is 5.82 Å². The number of β-amino-alcohol motifs (C(OH)–C–C–N with tert-alkyl or cyclic N) is 1. The molecule has 4 amide bonds. The molecule has 6 atom stereocenters. The second kappa shape index (κ2) is 19.8. The number of aromatic hydroxyl groups is 1. The van der Waals surface area contributed by atoms with Crippen molar-refractivity contribution in [2.24, 2.45) is 5.41 Å². The summed E-state index contributed by atoms with van der Waals surface area (Å²) >= 11 is 0. The standard InChI is InChI=1S/C52H70N10O5/c1-6-34-11-13-35(14-12-34)31-53-49(65)44-29-39(63)32-62(44)50(66)47(52(3,4)5)55-51(67)60-26-17-37(18-27-60)58-22-15-36(16-23-58)59-24-19-38(20-25-59)61-28-21-42-46(33(61)2)41-30-43(56-57-48(41)54-42)40-9-7-8-10-45(40)64/h1,7-14,30,33,36-39,42,44,46-47,63-64H,15-29,31-32H2,2-5H3,(H,53,65)(H,54,57)(H,55,67)/t33-,39-,42?,44+,46?,47-/m1/s1. The van der Waals surface area contributed by atoms with Gasteiger partial charge in [0.05, 0.1) is 11.8 Å². The van der Waals surface area contributed by atoms with Crippen LogP contribution in [0, 0.1) is 17.8 Å². The lowest BCUT2D eigenvalue weighted by atomic mass is 9.81. The summed E-state index contributed by atoms with van der Waals surface area (Å²) in [5, 5.41) is 39.9. The third-order valence-electron chi connectivity index (χ3n) is 15.9. The Morgan fingerprint density at radius 1 is 0.866 bits per heavy atom. The van der Waals surface area contributed by atoms with Crippen molar-refractivity contribution in [3.63, 3.8) is 0 Å². The van der Waals surface area contributed by atoms with Crippen LogP contribution in [0.3, 0.4) is 0 Å². The molecule has 3 aromatic rings. The van der Waals surface area contributed by atoms with Gasteiger partial charge in [-0.3, -0.25) is 14.5 Å². The van der Waals surface area contributed by atoms with E-state index in [1.54, 1.807) is 6.07 Å². The van der Waals surface area contributed by atoms with E-state index in [9.17, 15) is 24.6 Å². The minimum atomic E-state index is -0.877. The molecule has 0 aliphatic carbocycles. The van der Waals surface area contributed by atoms with E-state index in [4.69, 9.17) is 6.42 Å². The lowest BCUT2D eigenvalue weighted by Gasteiger charge is -2.49. The molecule has 0 radical (unpaired) electrons. The lowest BCUT2D eigenvalue weighted by molar-refractivity contribution is -0.142. The van der Waals surface area contributed by atoms with Crippen LogP contribution in [-0.4, -0.2) is 164 Å². The number of anilines is 1. The number of carbonyl (C=O) groups excluding carboxylic acids is 3. The molecule has 15 nitrogen and oxygen atoms in total. The number of likely N-dealkylation sites (tertiary alicyclic amines) is 5. The maximum atomic E-state index is 14.2. The van der Waals surface area contributed by atoms with Crippen molar-refractivity contribution in [2.75, 3.05) is 57.7 Å². The Balaban J connectivity index is 0.721. The zero-order chi connectivity index (χ0) is 47.0. The largest absolute Gasteiger partial charge is 0.507 e. The first-order chi connectivity index (χ1) is 32.2. The molecule has 6 aliphatic rings. The van der Waals surface area contributed by atoms with E-state index < -0.39 is 23.6 Å². The van der Waals surface area contributed by atoms with Crippen LogP contribution in [0.4, 0.5) is 10.6 Å². The maximum Gasteiger partial charge on any atom is 0.318 e. The first kappa shape index (κ1) is 46.8. The van der Waals surface area contributed by atoms with Crippen molar-refractivity contribution in [1.82, 2.24) is 45.3 Å². The monoisotopic (exact) mass is 915 g/mol. The molecule has 9 rings (SSSR count). The Hall–Kier alpha value is -5.27. The van der Waals surface area contributed by atoms with Gasteiger partial charge in [0.25, 0.3) is 0 Å². The van der Waals surface area contributed by atoms with E-state index in [2.05, 4.69) is 59.8 Å². The molecule has 358 valence electrons. The molecule has 5 fully saturated rings. The molecule has 0 saturated carbocycles. The van der Waals surface area contributed by atoms with Crippen LogP contribution < -0.4 is 16.0 Å². The quantitative estimate of drug-likeness (QED) is 0.191. The van der Waals surface area contributed by atoms with Gasteiger partial charge in [-0.15, -0.1) is 16.6 Å². The number of carbonyl (C=O) groups is 3. The number of para-hydroxylation sites is 1. The highest BCUT2D eigenvalue weighted by atomic mass is 16.3. The summed E-state index contributed by atoms with van der Waals surface area (Å²) in [5.74, 6) is 3.33. The third kappa shape index (κ3) is 10.0. The van der Waals surface area contributed by atoms with Gasteiger partial charge >= 0.3 is 6.03 Å². The number of phenols is 1. The number of rotatable bonds is 9. The van der Waals surface area contributed by atoms with E-state index in [1.165, 1.54) is 23.3 Å². The van der Waals surface area contributed by atoms with Crippen molar-refractivity contribution >= 4 is 23.7 Å². The summed E-state index contributed by atoms with van der Waals surface area (Å²) in [6.45, 7) is 15.2. The molecular weight excluding hydrogens is 845 g/mol. The number of fused-ring (bicyclic) bond motifs is 3. The summed E-state index contributed by atoms with van der Waals surface area (Å²) in [6.07, 6.45) is 12.3. The Bertz CT molecular complexity index is 2290. The van der Waals surface area contributed by atoms with Crippen molar-refractivity contribution in [2.45, 2.75) is 140 Å². The van der Waals surface area contributed by atoms with Gasteiger partial charge < -0.3 is 45.8 Å². The molecule has 0 bridgehead atoms. The minimum absolute atomic E-state index is 0.0326. The average Bonchev–Trinajstić information content (AvgIpc) is 3.93. The number of aliphatic hydroxyl groups excluding tert-OH is 1. The van der Waals surface area contributed by atoms with Gasteiger partial charge in [-0.05, 0) is 119 Å². The Morgan fingerprint density at radius 2 is 1.51 bits per heavy atom. The number of piperidine rings is 4. The van der Waals surface area contributed by atoms with Gasteiger partial charge in [0.1, 0.15) is 17.8 Å². The molecule has 15 heteroatoms. The number of hydrogen-bond acceptors (Lipinski definition) is 11. The summed E-state index contributed by atoms with van der Waals surface area (Å²) < 4.78 is 0. The number of terminal acetylenes is 1. The summed E-state index contributed by atoms with van der Waals surface area (Å²) in [7, 11) is 0. The molecule has 2 aromatic carbocycles. The fourth-order valence-electron chi connectivity index (χ4n) is 12.1. The molecule has 6 aliphatic heterocycles. The van der Waals surface area contributed by atoms with Crippen molar-refractivity contribution < 1.29 is 24.6 Å². The molecule has 7 heterocycles. The van der Waals surface area contributed by atoms with Crippen molar-refractivity contribution in [3.8, 4) is 29.4 Å². The fraction of sp³-hybridized carbons (Fsp3) is 0.596. The SMILES string of the molecule is C#Cc1ccc(CNC(=O)[C@@H]2C[C@@H](O)CN2C(=O)[C@@H](NC(=O)N2CCC(N3CCC(N4CCC(N5CCC6Nc7nnc(-c8ccccc8O)cc7C6[C@H]5C)CC4)CC3)CC2)C(C)(C)C)cc1. The van der Waals surface area contributed by atoms with Crippen LogP contribution in [0.15, 0.2) is 54.6 Å². The van der Waals surface area contributed by atoms with Crippen LogP contribution in [0.25, 0.3) is 11.3 Å². The first-order valence-electron chi connectivity index (χ1n) is 24.8. The highest BCUT2D eigenvalue weighted by Gasteiger charge is 2.47. The summed E-state index contributed by atoms with van der Waals surface area (Å²) in [6, 6.07) is 17.2. The van der Waals surface area contributed by atoms with E-state index in [-0.39, 0.29) is 43.1 Å². The number of urea groups is 1. The molecule has 2 unspecified atom stereocenters. The first-order valence-corrected chi connectivity index (χ1v) is 24.8. The second-order valence-electron chi connectivity index (χ2n) is 21.1. The molecular formula is C52H70N10O5. The van der Waals surface area contributed by atoms with Crippen LogP contribution >= 0.6 is 0 Å². The lowest BCUT2D eigenvalue weighted by Crippen LogP contribution is -2.60. The number of hydrogen-bond donors (Lipinski definition) is 5. The number of aliphatic hydroxyl groups is 1. The Labute approximate surface area is 396 Å². The minimum Gasteiger partial charge on any atom is -0.507 e. The molecule has 1 aromatic heterocycles. The molecule has 67 heavy (non-hydrogen) atoms. The number of aromatic nitrogens is 2. The Kier molecular flexibility index (Phi) is 13.8. The van der Waals surface area contributed by atoms with Crippen molar-refractivity contribution in [3.05, 3.63) is 71.3 Å². The number of nitrogens with one attached hydrogen (secondary N) is 3. The van der Waals surface area contributed by atoms with Gasteiger partial charge in [0.2, 0.25) is 11.8 Å². The number of nitrogens with zero attached hydrogens (tertiary/aromatic N) is 7. The third-order valence-corrected chi connectivity index (χ3v) is 15.9.